The molecular formula is C20H33NO3. The number of ether oxygens (including phenoxy) is 1. The van der Waals surface area contributed by atoms with Crippen LogP contribution in [0.5, 0.6) is 11.5 Å². The Bertz CT molecular complexity index is 486. The molecule has 136 valence electrons. The first kappa shape index (κ1) is 20.3. The molecule has 0 saturated carbocycles. The lowest BCUT2D eigenvalue weighted by Crippen LogP contribution is -1.99. The molecule has 0 unspecified atom stereocenters. The number of phenols is 1. The van der Waals surface area contributed by atoms with Gasteiger partial charge in [-0.1, -0.05) is 69.9 Å². The maximum atomic E-state index is 9.90. The van der Waals surface area contributed by atoms with Gasteiger partial charge in [0.2, 0.25) is 0 Å². The molecule has 24 heavy (non-hydrogen) atoms. The SMILES string of the molecule is CCCCCCCCCCCCOc1ccc(/C(C)=N\O)c(O)c1. The molecule has 0 heterocycles. The second-order valence-electron chi connectivity index (χ2n) is 6.39. The largest absolute Gasteiger partial charge is 0.507 e. The van der Waals surface area contributed by atoms with Crippen molar-refractivity contribution in [1.29, 1.82) is 0 Å². The average molecular weight is 335 g/mol. The Morgan fingerprint density at radius 1 is 0.958 bits per heavy atom. The highest BCUT2D eigenvalue weighted by atomic mass is 16.5. The number of aromatic hydroxyl groups is 1. The minimum absolute atomic E-state index is 0.0749. The Labute approximate surface area is 146 Å². The minimum atomic E-state index is 0.0749. The maximum absolute atomic E-state index is 9.90. The third kappa shape index (κ3) is 8.23. The summed E-state index contributed by atoms with van der Waals surface area (Å²) in [5, 5.41) is 21.7. The predicted molar refractivity (Wildman–Crippen MR) is 99.4 cm³/mol. The summed E-state index contributed by atoms with van der Waals surface area (Å²) in [6.07, 6.45) is 13.0. The van der Waals surface area contributed by atoms with Gasteiger partial charge in [0.1, 0.15) is 11.5 Å². The molecule has 4 heteroatoms. The number of rotatable bonds is 13. The molecule has 2 N–H and O–H groups in total. The van der Waals surface area contributed by atoms with Crippen LogP contribution in [-0.2, 0) is 0 Å². The molecule has 0 bridgehead atoms. The van der Waals surface area contributed by atoms with Crippen LogP contribution in [0.25, 0.3) is 0 Å². The fraction of sp³-hybridized carbons (Fsp3) is 0.650. The fourth-order valence-electron chi connectivity index (χ4n) is 2.74. The van der Waals surface area contributed by atoms with E-state index in [-0.39, 0.29) is 5.75 Å². The summed E-state index contributed by atoms with van der Waals surface area (Å²) in [6, 6.07) is 5.07. The number of hydrogen-bond donors (Lipinski definition) is 2. The van der Waals surface area contributed by atoms with Gasteiger partial charge >= 0.3 is 0 Å². The maximum Gasteiger partial charge on any atom is 0.128 e. The van der Waals surface area contributed by atoms with E-state index in [1.54, 1.807) is 25.1 Å². The van der Waals surface area contributed by atoms with Crippen LogP contribution in [0, 0.1) is 0 Å². The molecule has 1 aromatic rings. The summed E-state index contributed by atoms with van der Waals surface area (Å²) in [6.45, 7) is 4.56. The molecule has 0 saturated heterocycles. The first-order valence-electron chi connectivity index (χ1n) is 9.34. The van der Waals surface area contributed by atoms with Gasteiger partial charge in [0.05, 0.1) is 12.3 Å². The van der Waals surface area contributed by atoms with E-state index < -0.39 is 0 Å². The Balaban J connectivity index is 2.08. The zero-order valence-electron chi connectivity index (χ0n) is 15.3. The molecule has 0 fully saturated rings. The number of benzene rings is 1. The van der Waals surface area contributed by atoms with E-state index in [9.17, 15) is 5.11 Å². The number of oxime groups is 1. The second kappa shape index (κ2) is 12.7. The zero-order chi connectivity index (χ0) is 17.6. The average Bonchev–Trinajstić information content (AvgIpc) is 2.59. The van der Waals surface area contributed by atoms with Crippen molar-refractivity contribution < 1.29 is 15.1 Å². The van der Waals surface area contributed by atoms with Gasteiger partial charge in [0.15, 0.2) is 0 Å². The quantitative estimate of drug-likeness (QED) is 0.204. The lowest BCUT2D eigenvalue weighted by atomic mass is 10.1. The molecular weight excluding hydrogens is 302 g/mol. The number of nitrogens with zero attached hydrogens (tertiary/aromatic N) is 1. The van der Waals surface area contributed by atoms with E-state index in [4.69, 9.17) is 9.94 Å². The summed E-state index contributed by atoms with van der Waals surface area (Å²) >= 11 is 0. The van der Waals surface area contributed by atoms with Crippen LogP contribution in [0.1, 0.15) is 83.6 Å². The van der Waals surface area contributed by atoms with Crippen LogP contribution < -0.4 is 4.74 Å². The van der Waals surface area contributed by atoms with Gasteiger partial charge in [-0.25, -0.2) is 0 Å². The van der Waals surface area contributed by atoms with Gasteiger partial charge < -0.3 is 15.1 Å². The van der Waals surface area contributed by atoms with Crippen molar-refractivity contribution in [1.82, 2.24) is 0 Å². The van der Waals surface area contributed by atoms with E-state index in [1.165, 1.54) is 57.8 Å². The van der Waals surface area contributed by atoms with Gasteiger partial charge in [0.25, 0.3) is 0 Å². The van der Waals surface area contributed by atoms with Crippen molar-refractivity contribution in [2.75, 3.05) is 6.61 Å². The third-order valence-corrected chi connectivity index (χ3v) is 4.28. The smallest absolute Gasteiger partial charge is 0.128 e. The summed E-state index contributed by atoms with van der Waals surface area (Å²) in [5.41, 5.74) is 0.900. The van der Waals surface area contributed by atoms with Gasteiger partial charge in [-0.15, -0.1) is 0 Å². The van der Waals surface area contributed by atoms with Crippen molar-refractivity contribution in [2.24, 2.45) is 5.16 Å². The lowest BCUT2D eigenvalue weighted by molar-refractivity contribution is 0.302. The van der Waals surface area contributed by atoms with Crippen molar-refractivity contribution in [3.8, 4) is 11.5 Å². The Hall–Kier alpha value is -1.71. The molecule has 0 aromatic heterocycles. The van der Waals surface area contributed by atoms with Crippen LogP contribution in [-0.4, -0.2) is 22.6 Å². The summed E-state index contributed by atoms with van der Waals surface area (Å²) in [5.74, 6) is 0.726. The molecule has 1 rings (SSSR count). The molecule has 0 radical (unpaired) electrons. The zero-order valence-corrected chi connectivity index (χ0v) is 15.3. The van der Waals surface area contributed by atoms with Crippen molar-refractivity contribution in [2.45, 2.75) is 78.1 Å². The number of unbranched alkanes of at least 4 members (excludes halogenated alkanes) is 9. The second-order valence-corrected chi connectivity index (χ2v) is 6.39. The molecule has 0 amide bonds. The fourth-order valence-corrected chi connectivity index (χ4v) is 2.74. The summed E-state index contributed by atoms with van der Waals surface area (Å²) < 4.78 is 5.66. The third-order valence-electron chi connectivity index (χ3n) is 4.28. The lowest BCUT2D eigenvalue weighted by Gasteiger charge is -2.09. The normalized spacial score (nSPS) is 11.7. The van der Waals surface area contributed by atoms with E-state index in [2.05, 4.69) is 12.1 Å². The van der Waals surface area contributed by atoms with Crippen molar-refractivity contribution in [3.05, 3.63) is 23.8 Å². The Kier molecular flexibility index (Phi) is 10.7. The van der Waals surface area contributed by atoms with Crippen LogP contribution in [0.2, 0.25) is 0 Å². The van der Waals surface area contributed by atoms with Gasteiger partial charge in [0, 0.05) is 11.6 Å². The standard InChI is InChI=1S/C20H33NO3/c1-3-4-5-6-7-8-9-10-11-12-15-24-18-13-14-19(17(2)21-23)20(22)16-18/h13-14,16,22-23H,3-12,15H2,1-2H3/b21-17-. The molecule has 0 atom stereocenters. The predicted octanol–water partition coefficient (Wildman–Crippen LogP) is 5.89. The van der Waals surface area contributed by atoms with E-state index >= 15 is 0 Å². The van der Waals surface area contributed by atoms with E-state index in [1.807, 2.05) is 0 Å². The van der Waals surface area contributed by atoms with Crippen LogP contribution >= 0.6 is 0 Å². The van der Waals surface area contributed by atoms with Crippen LogP contribution in [0.3, 0.4) is 0 Å². The molecule has 4 nitrogen and oxygen atoms in total. The van der Waals surface area contributed by atoms with Crippen molar-refractivity contribution in [3.63, 3.8) is 0 Å². The highest BCUT2D eigenvalue weighted by Crippen LogP contribution is 2.24. The molecule has 0 spiro atoms. The highest BCUT2D eigenvalue weighted by Gasteiger charge is 2.06. The van der Waals surface area contributed by atoms with Crippen molar-refractivity contribution >= 4 is 5.71 Å². The number of phenolic OH excluding ortho intramolecular Hbond substituents is 1. The van der Waals surface area contributed by atoms with Gasteiger partial charge in [-0.05, 0) is 25.5 Å². The Morgan fingerprint density at radius 3 is 2.08 bits per heavy atom. The molecule has 0 aliphatic heterocycles. The molecule has 0 aliphatic carbocycles. The first-order valence-corrected chi connectivity index (χ1v) is 9.34. The minimum Gasteiger partial charge on any atom is -0.507 e. The molecule has 0 aliphatic rings. The van der Waals surface area contributed by atoms with Gasteiger partial charge in [-0.3, -0.25) is 0 Å². The highest BCUT2D eigenvalue weighted by molar-refractivity contribution is 6.00. The Morgan fingerprint density at radius 2 is 1.54 bits per heavy atom. The molecule has 1 aromatic carbocycles. The summed E-state index contributed by atoms with van der Waals surface area (Å²) in [7, 11) is 0. The van der Waals surface area contributed by atoms with Crippen LogP contribution in [0.15, 0.2) is 23.4 Å². The summed E-state index contributed by atoms with van der Waals surface area (Å²) in [4.78, 5) is 0. The van der Waals surface area contributed by atoms with E-state index in [0.29, 0.717) is 23.6 Å². The van der Waals surface area contributed by atoms with Gasteiger partial charge in [-0.2, -0.15) is 0 Å². The monoisotopic (exact) mass is 335 g/mol. The number of hydrogen-bond acceptors (Lipinski definition) is 4. The first-order chi connectivity index (χ1) is 11.7. The van der Waals surface area contributed by atoms with E-state index in [0.717, 1.165) is 6.42 Å². The topological polar surface area (TPSA) is 62.0 Å². The van der Waals surface area contributed by atoms with Crippen LogP contribution in [0.4, 0.5) is 0 Å².